The summed E-state index contributed by atoms with van der Waals surface area (Å²) >= 11 is 0. The third kappa shape index (κ3) is 1.30. The van der Waals surface area contributed by atoms with E-state index in [9.17, 15) is 0 Å². The van der Waals surface area contributed by atoms with Crippen molar-refractivity contribution in [2.45, 2.75) is 5.66 Å². The standard InChI is InChI=1S/C8H12NP/c1-2-8(10)6-4-3-5-7(6)9/h2-6,8H,1,9-10H2. The molecule has 0 heterocycles. The normalized spacial score (nSPS) is 26.1. The summed E-state index contributed by atoms with van der Waals surface area (Å²) in [7, 11) is 2.71. The van der Waals surface area contributed by atoms with Gasteiger partial charge < -0.3 is 5.73 Å². The Balaban J connectivity index is 2.65. The van der Waals surface area contributed by atoms with Crippen LogP contribution < -0.4 is 5.73 Å². The lowest BCUT2D eigenvalue weighted by Crippen LogP contribution is -2.15. The largest absolute Gasteiger partial charge is 0.402 e. The Hall–Kier alpha value is -0.550. The molecule has 1 aliphatic rings. The van der Waals surface area contributed by atoms with Gasteiger partial charge in [-0.2, -0.15) is 0 Å². The van der Waals surface area contributed by atoms with Gasteiger partial charge in [-0.15, -0.1) is 15.8 Å². The average molecular weight is 153 g/mol. The van der Waals surface area contributed by atoms with E-state index in [2.05, 4.69) is 21.9 Å². The summed E-state index contributed by atoms with van der Waals surface area (Å²) in [6, 6.07) is 0. The number of hydrogen-bond acceptors (Lipinski definition) is 1. The molecule has 2 heteroatoms. The van der Waals surface area contributed by atoms with E-state index < -0.39 is 0 Å². The molecule has 3 unspecified atom stereocenters. The summed E-state index contributed by atoms with van der Waals surface area (Å²) in [4.78, 5) is 0. The second-order valence-corrected chi connectivity index (χ2v) is 3.16. The van der Waals surface area contributed by atoms with Gasteiger partial charge in [-0.25, -0.2) is 0 Å². The van der Waals surface area contributed by atoms with E-state index in [1.165, 1.54) is 0 Å². The third-order valence-corrected chi connectivity index (χ3v) is 2.37. The van der Waals surface area contributed by atoms with Crippen molar-refractivity contribution < 1.29 is 0 Å². The van der Waals surface area contributed by atoms with Gasteiger partial charge in [-0.05, 0) is 6.08 Å². The highest BCUT2D eigenvalue weighted by atomic mass is 31.0. The fourth-order valence-corrected chi connectivity index (χ4v) is 1.36. The quantitative estimate of drug-likeness (QED) is 0.471. The lowest BCUT2D eigenvalue weighted by atomic mass is 10.1. The van der Waals surface area contributed by atoms with Crippen LogP contribution in [0.5, 0.6) is 0 Å². The summed E-state index contributed by atoms with van der Waals surface area (Å²) in [6.45, 7) is 3.70. The molecule has 0 fully saturated rings. The minimum atomic E-state index is 0.350. The predicted molar refractivity (Wildman–Crippen MR) is 48.6 cm³/mol. The summed E-state index contributed by atoms with van der Waals surface area (Å²) in [5.74, 6) is 0.350. The zero-order valence-corrected chi connectivity index (χ0v) is 6.98. The zero-order valence-electron chi connectivity index (χ0n) is 5.83. The SMILES string of the molecule is C=CC(P)C1C=CC=C1N. The van der Waals surface area contributed by atoms with Gasteiger partial charge in [0.15, 0.2) is 0 Å². The van der Waals surface area contributed by atoms with Gasteiger partial charge in [0, 0.05) is 17.3 Å². The Morgan fingerprint density at radius 1 is 1.80 bits per heavy atom. The van der Waals surface area contributed by atoms with Crippen LogP contribution in [0.3, 0.4) is 0 Å². The second kappa shape index (κ2) is 3.03. The van der Waals surface area contributed by atoms with E-state index >= 15 is 0 Å². The molecule has 54 valence electrons. The Bertz CT molecular complexity index is 193. The zero-order chi connectivity index (χ0) is 7.56. The van der Waals surface area contributed by atoms with Crippen LogP contribution in [0.1, 0.15) is 0 Å². The highest BCUT2D eigenvalue weighted by molar-refractivity contribution is 7.18. The second-order valence-electron chi connectivity index (χ2n) is 2.39. The Kier molecular flexibility index (Phi) is 2.29. The van der Waals surface area contributed by atoms with Crippen molar-refractivity contribution in [1.29, 1.82) is 0 Å². The van der Waals surface area contributed by atoms with Crippen LogP contribution in [0.25, 0.3) is 0 Å². The first-order chi connectivity index (χ1) is 4.75. The van der Waals surface area contributed by atoms with Crippen LogP contribution in [0.2, 0.25) is 0 Å². The first-order valence-corrected chi connectivity index (χ1v) is 3.94. The van der Waals surface area contributed by atoms with Gasteiger partial charge in [0.2, 0.25) is 0 Å². The molecule has 1 rings (SSSR count). The topological polar surface area (TPSA) is 26.0 Å². The van der Waals surface area contributed by atoms with Crippen molar-refractivity contribution in [3.8, 4) is 0 Å². The van der Waals surface area contributed by atoms with Gasteiger partial charge in [-0.3, -0.25) is 0 Å². The molecular weight excluding hydrogens is 141 g/mol. The minimum Gasteiger partial charge on any atom is -0.402 e. The summed E-state index contributed by atoms with van der Waals surface area (Å²) < 4.78 is 0. The molecule has 0 radical (unpaired) electrons. The molecule has 0 aliphatic heterocycles. The number of hydrogen-bond donors (Lipinski definition) is 1. The van der Waals surface area contributed by atoms with Crippen molar-refractivity contribution in [2.75, 3.05) is 0 Å². The number of rotatable bonds is 2. The Morgan fingerprint density at radius 3 is 2.90 bits per heavy atom. The fourth-order valence-electron chi connectivity index (χ4n) is 1.01. The van der Waals surface area contributed by atoms with Crippen LogP contribution >= 0.6 is 9.24 Å². The molecule has 1 nitrogen and oxygen atoms in total. The molecule has 2 N–H and O–H groups in total. The van der Waals surface area contributed by atoms with E-state index in [0.29, 0.717) is 11.6 Å². The van der Waals surface area contributed by atoms with Gasteiger partial charge in [0.1, 0.15) is 0 Å². The first kappa shape index (κ1) is 7.56. The lowest BCUT2D eigenvalue weighted by Gasteiger charge is -2.13. The van der Waals surface area contributed by atoms with Crippen LogP contribution in [-0.2, 0) is 0 Å². The molecule has 1 aliphatic carbocycles. The van der Waals surface area contributed by atoms with Crippen LogP contribution in [0, 0.1) is 5.92 Å². The van der Waals surface area contributed by atoms with Gasteiger partial charge >= 0.3 is 0 Å². The monoisotopic (exact) mass is 153 g/mol. The highest BCUT2D eigenvalue weighted by Crippen LogP contribution is 2.24. The molecule has 0 aromatic rings. The summed E-state index contributed by atoms with van der Waals surface area (Å²) in [5, 5.41) is 0. The highest BCUT2D eigenvalue weighted by Gasteiger charge is 2.16. The van der Waals surface area contributed by atoms with E-state index in [-0.39, 0.29) is 0 Å². The van der Waals surface area contributed by atoms with Crippen LogP contribution in [0.4, 0.5) is 0 Å². The van der Waals surface area contributed by atoms with Crippen molar-refractivity contribution in [2.24, 2.45) is 11.7 Å². The average Bonchev–Trinajstić information content (AvgIpc) is 2.34. The third-order valence-electron chi connectivity index (χ3n) is 1.68. The van der Waals surface area contributed by atoms with Gasteiger partial charge in [0.25, 0.3) is 0 Å². The fraction of sp³-hybridized carbons (Fsp3) is 0.250. The van der Waals surface area contributed by atoms with Crippen LogP contribution in [-0.4, -0.2) is 5.66 Å². The van der Waals surface area contributed by atoms with Crippen molar-refractivity contribution >= 4 is 9.24 Å². The van der Waals surface area contributed by atoms with E-state index in [4.69, 9.17) is 5.73 Å². The maximum Gasteiger partial charge on any atom is 0.0264 e. The molecule has 0 saturated carbocycles. The minimum absolute atomic E-state index is 0.350. The van der Waals surface area contributed by atoms with E-state index in [1.807, 2.05) is 18.2 Å². The van der Waals surface area contributed by atoms with E-state index in [1.54, 1.807) is 0 Å². The van der Waals surface area contributed by atoms with Crippen molar-refractivity contribution in [3.05, 3.63) is 36.6 Å². The molecule has 0 amide bonds. The van der Waals surface area contributed by atoms with Gasteiger partial charge in [-0.1, -0.05) is 18.2 Å². The molecular formula is C8H12NP. The maximum atomic E-state index is 5.69. The first-order valence-electron chi connectivity index (χ1n) is 3.27. The molecule has 0 aromatic carbocycles. The Morgan fingerprint density at radius 2 is 2.50 bits per heavy atom. The predicted octanol–water partition coefficient (Wildman–Crippen LogP) is 1.44. The molecule has 0 bridgehead atoms. The molecule has 10 heavy (non-hydrogen) atoms. The maximum absolute atomic E-state index is 5.69. The smallest absolute Gasteiger partial charge is 0.0264 e. The van der Waals surface area contributed by atoms with Crippen LogP contribution in [0.15, 0.2) is 36.6 Å². The van der Waals surface area contributed by atoms with Crippen molar-refractivity contribution in [3.63, 3.8) is 0 Å². The van der Waals surface area contributed by atoms with Crippen molar-refractivity contribution in [1.82, 2.24) is 0 Å². The summed E-state index contributed by atoms with van der Waals surface area (Å²) in [5.41, 5.74) is 6.99. The Labute approximate surface area is 63.9 Å². The number of nitrogens with two attached hydrogens (primary N) is 1. The molecule has 0 saturated heterocycles. The van der Waals surface area contributed by atoms with Gasteiger partial charge in [0.05, 0.1) is 0 Å². The molecule has 0 aromatic heterocycles. The van der Waals surface area contributed by atoms with E-state index in [0.717, 1.165) is 5.70 Å². The lowest BCUT2D eigenvalue weighted by molar-refractivity contribution is 0.795. The number of allylic oxidation sites excluding steroid dienone is 4. The molecule has 0 spiro atoms. The summed E-state index contributed by atoms with van der Waals surface area (Å²) in [6.07, 6.45) is 7.91. The molecule has 3 atom stereocenters.